The number of carbonyl (C=O) groups excluding carboxylic acids is 2. The Hall–Kier alpha value is -2.83. The summed E-state index contributed by atoms with van der Waals surface area (Å²) < 4.78 is 9.35. The molecule has 0 aliphatic carbocycles. The van der Waals surface area contributed by atoms with Crippen molar-refractivity contribution in [2.75, 3.05) is 13.7 Å². The first kappa shape index (κ1) is 22.2. The van der Waals surface area contributed by atoms with Crippen LogP contribution in [-0.2, 0) is 14.3 Å². The summed E-state index contributed by atoms with van der Waals surface area (Å²) in [7, 11) is 1.30. The SMILES string of the molecule is COC(=O)CCNC(=O)OC(C)(C)C.Cc1n[nH]c(C)c1-c1ccccc1. The Bertz CT molecular complexity index is 714. The van der Waals surface area contributed by atoms with Gasteiger partial charge in [0.15, 0.2) is 0 Å². The second kappa shape index (κ2) is 10.4. The van der Waals surface area contributed by atoms with Gasteiger partial charge in [-0.15, -0.1) is 0 Å². The number of aromatic nitrogens is 2. The van der Waals surface area contributed by atoms with Crippen LogP contribution in [0, 0.1) is 13.8 Å². The van der Waals surface area contributed by atoms with Gasteiger partial charge in [0.2, 0.25) is 0 Å². The maximum Gasteiger partial charge on any atom is 0.407 e. The Morgan fingerprint density at radius 3 is 2.26 bits per heavy atom. The van der Waals surface area contributed by atoms with Crippen molar-refractivity contribution in [3.63, 3.8) is 0 Å². The van der Waals surface area contributed by atoms with Gasteiger partial charge < -0.3 is 14.8 Å². The van der Waals surface area contributed by atoms with E-state index in [0.717, 1.165) is 11.4 Å². The fourth-order valence-electron chi connectivity index (χ4n) is 2.26. The summed E-state index contributed by atoms with van der Waals surface area (Å²) in [6.45, 7) is 9.60. The Morgan fingerprint density at radius 2 is 1.78 bits per heavy atom. The van der Waals surface area contributed by atoms with Crippen molar-refractivity contribution in [1.29, 1.82) is 0 Å². The predicted octanol–water partition coefficient (Wildman–Crippen LogP) is 3.77. The van der Waals surface area contributed by atoms with E-state index >= 15 is 0 Å². The first-order chi connectivity index (χ1) is 12.6. The maximum absolute atomic E-state index is 11.0. The molecule has 0 saturated heterocycles. The maximum atomic E-state index is 11.0. The van der Waals surface area contributed by atoms with Crippen LogP contribution in [0.3, 0.4) is 0 Å². The predicted molar refractivity (Wildman–Crippen MR) is 104 cm³/mol. The number of carbonyl (C=O) groups is 2. The average molecular weight is 375 g/mol. The minimum absolute atomic E-state index is 0.149. The molecule has 0 fully saturated rings. The van der Waals surface area contributed by atoms with Gasteiger partial charge in [0.1, 0.15) is 5.60 Å². The van der Waals surface area contributed by atoms with E-state index in [2.05, 4.69) is 32.4 Å². The van der Waals surface area contributed by atoms with Crippen molar-refractivity contribution >= 4 is 12.1 Å². The molecule has 2 aromatic rings. The monoisotopic (exact) mass is 375 g/mol. The summed E-state index contributed by atoms with van der Waals surface area (Å²) in [5, 5.41) is 9.60. The molecule has 1 heterocycles. The molecule has 1 aromatic heterocycles. The second-order valence-corrected chi connectivity index (χ2v) is 6.93. The molecule has 0 unspecified atom stereocenters. The number of ether oxygens (including phenoxy) is 2. The molecule has 2 rings (SSSR count). The van der Waals surface area contributed by atoms with Crippen LogP contribution in [0.1, 0.15) is 38.6 Å². The standard InChI is InChI=1S/C11H12N2.C9H17NO4/c1-8-11(9(2)13-12-8)10-6-4-3-5-7-10;1-9(2,3)14-8(12)10-6-5-7(11)13-4/h3-7H,1-2H3,(H,12,13);5-6H2,1-4H3,(H,10,12). The fourth-order valence-corrected chi connectivity index (χ4v) is 2.26. The van der Waals surface area contributed by atoms with Gasteiger partial charge in [0, 0.05) is 17.8 Å². The Labute approximate surface area is 160 Å². The van der Waals surface area contributed by atoms with Gasteiger partial charge >= 0.3 is 12.1 Å². The molecule has 7 nitrogen and oxygen atoms in total. The van der Waals surface area contributed by atoms with Crippen molar-refractivity contribution in [3.8, 4) is 11.1 Å². The van der Waals surface area contributed by atoms with Crippen molar-refractivity contribution in [1.82, 2.24) is 15.5 Å². The zero-order valence-electron chi connectivity index (χ0n) is 16.9. The zero-order valence-corrected chi connectivity index (χ0v) is 16.9. The summed E-state index contributed by atoms with van der Waals surface area (Å²) >= 11 is 0. The minimum atomic E-state index is -0.526. The highest BCUT2D eigenvalue weighted by Crippen LogP contribution is 2.24. The lowest BCUT2D eigenvalue weighted by atomic mass is 10.0. The number of hydrogen-bond acceptors (Lipinski definition) is 5. The van der Waals surface area contributed by atoms with Crippen LogP contribution in [0.5, 0.6) is 0 Å². The smallest absolute Gasteiger partial charge is 0.407 e. The minimum Gasteiger partial charge on any atom is -0.469 e. The van der Waals surface area contributed by atoms with Crippen LogP contribution in [-0.4, -0.2) is 41.5 Å². The van der Waals surface area contributed by atoms with Gasteiger partial charge in [-0.2, -0.15) is 5.10 Å². The fraction of sp³-hybridized carbons (Fsp3) is 0.450. The number of nitrogens with zero attached hydrogens (tertiary/aromatic N) is 1. The average Bonchev–Trinajstić information content (AvgIpc) is 2.93. The van der Waals surface area contributed by atoms with E-state index in [-0.39, 0.29) is 18.9 Å². The number of rotatable bonds is 4. The Morgan fingerprint density at radius 1 is 1.15 bits per heavy atom. The number of esters is 1. The normalized spacial score (nSPS) is 10.4. The molecule has 1 aromatic carbocycles. The van der Waals surface area contributed by atoms with Crippen molar-refractivity contribution in [3.05, 3.63) is 41.7 Å². The van der Waals surface area contributed by atoms with Crippen molar-refractivity contribution < 1.29 is 19.1 Å². The number of amides is 1. The molecule has 27 heavy (non-hydrogen) atoms. The van der Waals surface area contributed by atoms with Gasteiger partial charge in [0.05, 0.1) is 19.2 Å². The largest absolute Gasteiger partial charge is 0.469 e. The van der Waals surface area contributed by atoms with Crippen LogP contribution in [0.4, 0.5) is 4.79 Å². The zero-order chi connectivity index (χ0) is 20.4. The van der Waals surface area contributed by atoms with E-state index in [1.54, 1.807) is 20.8 Å². The highest BCUT2D eigenvalue weighted by molar-refractivity contribution is 5.71. The third-order valence-electron chi connectivity index (χ3n) is 3.42. The number of nitrogens with one attached hydrogen (secondary N) is 2. The molecule has 0 atom stereocenters. The lowest BCUT2D eigenvalue weighted by Crippen LogP contribution is -2.33. The summed E-state index contributed by atoms with van der Waals surface area (Å²) in [6.07, 6.45) is -0.378. The molecule has 0 spiro atoms. The van der Waals surface area contributed by atoms with E-state index in [0.29, 0.717) is 0 Å². The number of aromatic amines is 1. The molecule has 0 aliphatic heterocycles. The van der Waals surface area contributed by atoms with Gasteiger partial charge in [-0.25, -0.2) is 4.79 Å². The first-order valence-electron chi connectivity index (χ1n) is 8.74. The van der Waals surface area contributed by atoms with E-state index in [9.17, 15) is 9.59 Å². The molecule has 0 bridgehead atoms. The molecule has 1 amide bonds. The number of alkyl carbamates (subject to hydrolysis) is 1. The van der Waals surface area contributed by atoms with Gasteiger partial charge in [-0.3, -0.25) is 9.89 Å². The number of H-pyrrole nitrogens is 1. The lowest BCUT2D eigenvalue weighted by molar-refractivity contribution is -0.140. The third-order valence-corrected chi connectivity index (χ3v) is 3.42. The van der Waals surface area contributed by atoms with Crippen LogP contribution in [0.15, 0.2) is 30.3 Å². The Balaban J connectivity index is 0.000000270. The van der Waals surface area contributed by atoms with Crippen molar-refractivity contribution in [2.45, 2.75) is 46.6 Å². The summed E-state index contributed by atoms with van der Waals surface area (Å²) in [5.74, 6) is -0.360. The first-order valence-corrected chi connectivity index (χ1v) is 8.74. The number of benzene rings is 1. The van der Waals surface area contributed by atoms with Gasteiger partial charge in [0.25, 0.3) is 0 Å². The van der Waals surface area contributed by atoms with E-state index in [1.165, 1.54) is 18.2 Å². The molecular formula is C20H29N3O4. The molecule has 0 saturated carbocycles. The number of methoxy groups -OCH3 is 1. The third kappa shape index (κ3) is 8.40. The molecule has 7 heteroatoms. The topological polar surface area (TPSA) is 93.3 Å². The highest BCUT2D eigenvalue weighted by atomic mass is 16.6. The van der Waals surface area contributed by atoms with Crippen LogP contribution < -0.4 is 5.32 Å². The van der Waals surface area contributed by atoms with Crippen LogP contribution >= 0.6 is 0 Å². The van der Waals surface area contributed by atoms with E-state index < -0.39 is 11.7 Å². The van der Waals surface area contributed by atoms with Crippen LogP contribution in [0.25, 0.3) is 11.1 Å². The summed E-state index contributed by atoms with van der Waals surface area (Å²) in [5.41, 5.74) is 4.12. The number of aryl methyl sites for hydroxylation is 2. The number of hydrogen-bond donors (Lipinski definition) is 2. The molecule has 148 valence electrons. The van der Waals surface area contributed by atoms with Crippen LogP contribution in [0.2, 0.25) is 0 Å². The van der Waals surface area contributed by atoms with E-state index in [1.807, 2.05) is 32.0 Å². The summed E-state index contributed by atoms with van der Waals surface area (Å²) in [4.78, 5) is 21.7. The van der Waals surface area contributed by atoms with Crippen molar-refractivity contribution in [2.24, 2.45) is 0 Å². The molecular weight excluding hydrogens is 346 g/mol. The summed E-state index contributed by atoms with van der Waals surface area (Å²) in [6, 6.07) is 10.3. The molecule has 2 N–H and O–H groups in total. The van der Waals surface area contributed by atoms with E-state index in [4.69, 9.17) is 4.74 Å². The highest BCUT2D eigenvalue weighted by Gasteiger charge is 2.15. The van der Waals surface area contributed by atoms with Gasteiger partial charge in [-0.05, 0) is 40.2 Å². The second-order valence-electron chi connectivity index (χ2n) is 6.93. The van der Waals surface area contributed by atoms with Gasteiger partial charge in [-0.1, -0.05) is 30.3 Å². The quantitative estimate of drug-likeness (QED) is 0.794. The molecule has 0 aliphatic rings. The molecule has 0 radical (unpaired) electrons. The lowest BCUT2D eigenvalue weighted by Gasteiger charge is -2.19. The Kier molecular flexibility index (Phi) is 8.51.